The van der Waals surface area contributed by atoms with Crippen molar-refractivity contribution in [2.75, 3.05) is 18.8 Å². The minimum atomic E-state index is -3.28. The monoisotopic (exact) mass is 497 g/mol. The minimum Gasteiger partial charge on any atom is -0.490 e. The zero-order valence-electron chi connectivity index (χ0n) is 17.9. The summed E-state index contributed by atoms with van der Waals surface area (Å²) < 4.78 is 31.1. The molecule has 2 aromatic carbocycles. The van der Waals surface area contributed by atoms with Crippen LogP contribution in [0.25, 0.3) is 0 Å². The molecule has 2 N–H and O–H groups in total. The smallest absolute Gasteiger partial charge is 0.178 e. The lowest BCUT2D eigenvalue weighted by Crippen LogP contribution is -2.23. The number of nitrogens with one attached hydrogen (secondary N) is 1. The number of aryl methyl sites for hydroxylation is 1. The Morgan fingerprint density at radius 1 is 1.17 bits per heavy atom. The van der Waals surface area contributed by atoms with Crippen LogP contribution in [0.5, 0.6) is 5.75 Å². The van der Waals surface area contributed by atoms with Crippen molar-refractivity contribution < 1.29 is 18.3 Å². The summed E-state index contributed by atoms with van der Waals surface area (Å²) in [5.74, 6) is 0.955. The zero-order valence-corrected chi connectivity index (χ0v) is 20.3. The van der Waals surface area contributed by atoms with Gasteiger partial charge in [-0.25, -0.2) is 8.42 Å². The lowest BCUT2D eigenvalue weighted by atomic mass is 10.1. The van der Waals surface area contributed by atoms with Gasteiger partial charge in [0, 0.05) is 11.0 Å². The van der Waals surface area contributed by atoms with Crippen molar-refractivity contribution >= 4 is 25.8 Å². The summed E-state index contributed by atoms with van der Waals surface area (Å²) in [7, 11) is -3.28. The number of hydrogen-bond acceptors (Lipinski definition) is 5. The Labute approximate surface area is 188 Å². The van der Waals surface area contributed by atoms with Gasteiger partial charge in [-0.15, -0.1) is 0 Å². The lowest BCUT2D eigenvalue weighted by Gasteiger charge is -2.17. The molecule has 2 aromatic rings. The van der Waals surface area contributed by atoms with E-state index in [4.69, 9.17) is 4.74 Å². The first-order valence-electron chi connectivity index (χ1n) is 10.4. The molecule has 7 heteroatoms. The molecule has 0 aliphatic heterocycles. The van der Waals surface area contributed by atoms with E-state index in [2.05, 4.69) is 41.2 Å². The molecular weight excluding hydrogens is 466 g/mol. The van der Waals surface area contributed by atoms with E-state index in [1.165, 1.54) is 5.56 Å². The van der Waals surface area contributed by atoms with Crippen LogP contribution in [-0.4, -0.2) is 38.5 Å². The topological polar surface area (TPSA) is 75.6 Å². The van der Waals surface area contributed by atoms with Crippen molar-refractivity contribution in [3.8, 4) is 5.75 Å². The Hall–Kier alpha value is -1.41. The molecular formula is C23H32BrNO4S. The number of benzene rings is 2. The second kappa shape index (κ2) is 11.8. The molecule has 0 saturated heterocycles. The van der Waals surface area contributed by atoms with Crippen molar-refractivity contribution in [3.05, 3.63) is 58.1 Å². The van der Waals surface area contributed by atoms with Gasteiger partial charge in [-0.3, -0.25) is 0 Å². The van der Waals surface area contributed by atoms with Crippen LogP contribution in [0.4, 0.5) is 0 Å². The molecule has 5 nitrogen and oxygen atoms in total. The summed E-state index contributed by atoms with van der Waals surface area (Å²) >= 11 is 3.50. The maximum Gasteiger partial charge on any atom is 0.178 e. The standard InChI is InChI=1S/C23H32BrNO4S/c1-4-17(3)29-23-15-20(24)12-11-18(23)9-7-13-25-16-22(26)19-8-6-10-21(14-19)30(27,28)5-2/h6,8,10-12,14-15,17,22,25-26H,4-5,7,9,13,16H2,1-3H3. The number of aliphatic hydroxyl groups is 1. The van der Waals surface area contributed by atoms with Gasteiger partial charge in [-0.1, -0.05) is 48.0 Å². The SMILES string of the molecule is CCC(C)Oc1cc(Br)ccc1CCCNCC(O)c1cccc(S(=O)(=O)CC)c1. The first kappa shape index (κ1) is 24.9. The molecule has 2 atom stereocenters. The van der Waals surface area contributed by atoms with Gasteiger partial charge in [0.2, 0.25) is 0 Å². The Morgan fingerprint density at radius 3 is 2.63 bits per heavy atom. The fraction of sp³-hybridized carbons (Fsp3) is 0.478. The van der Waals surface area contributed by atoms with Crippen LogP contribution in [0.2, 0.25) is 0 Å². The van der Waals surface area contributed by atoms with E-state index in [-0.39, 0.29) is 16.8 Å². The van der Waals surface area contributed by atoms with Crippen LogP contribution in [0.3, 0.4) is 0 Å². The number of sulfone groups is 1. The first-order chi connectivity index (χ1) is 14.3. The maximum absolute atomic E-state index is 12.0. The summed E-state index contributed by atoms with van der Waals surface area (Å²) in [4.78, 5) is 0.255. The van der Waals surface area contributed by atoms with E-state index in [0.29, 0.717) is 12.1 Å². The Balaban J connectivity index is 1.86. The van der Waals surface area contributed by atoms with E-state index in [1.54, 1.807) is 31.2 Å². The molecule has 0 fully saturated rings. The largest absolute Gasteiger partial charge is 0.490 e. The van der Waals surface area contributed by atoms with E-state index in [9.17, 15) is 13.5 Å². The zero-order chi connectivity index (χ0) is 22.1. The van der Waals surface area contributed by atoms with Crippen molar-refractivity contribution in [2.45, 2.75) is 57.1 Å². The highest BCUT2D eigenvalue weighted by atomic mass is 79.9. The Morgan fingerprint density at radius 2 is 1.93 bits per heavy atom. The van der Waals surface area contributed by atoms with Crippen LogP contribution >= 0.6 is 15.9 Å². The Bertz CT molecular complexity index is 917. The van der Waals surface area contributed by atoms with Gasteiger partial charge < -0.3 is 15.2 Å². The van der Waals surface area contributed by atoms with Gasteiger partial charge in [0.05, 0.1) is 22.9 Å². The van der Waals surface area contributed by atoms with E-state index in [0.717, 1.165) is 36.0 Å². The van der Waals surface area contributed by atoms with Crippen LogP contribution in [0.15, 0.2) is 51.8 Å². The normalized spacial score (nSPS) is 13.8. The molecule has 0 heterocycles. The molecule has 30 heavy (non-hydrogen) atoms. The van der Waals surface area contributed by atoms with E-state index < -0.39 is 15.9 Å². The average molecular weight is 498 g/mol. The van der Waals surface area contributed by atoms with Gasteiger partial charge in [-0.05, 0) is 68.1 Å². The third-order valence-corrected chi connectivity index (χ3v) is 7.28. The molecule has 2 unspecified atom stereocenters. The summed E-state index contributed by atoms with van der Waals surface area (Å²) in [5, 5.41) is 13.7. The van der Waals surface area contributed by atoms with Crippen molar-refractivity contribution in [1.29, 1.82) is 0 Å². The number of aliphatic hydroxyl groups excluding tert-OH is 1. The van der Waals surface area contributed by atoms with E-state index in [1.807, 2.05) is 12.1 Å². The first-order valence-corrected chi connectivity index (χ1v) is 12.9. The highest BCUT2D eigenvalue weighted by Crippen LogP contribution is 2.26. The van der Waals surface area contributed by atoms with Crippen LogP contribution < -0.4 is 10.1 Å². The summed E-state index contributed by atoms with van der Waals surface area (Å²) in [6.07, 6.45) is 2.13. The predicted octanol–water partition coefficient (Wildman–Crippen LogP) is 4.68. The van der Waals surface area contributed by atoms with Crippen LogP contribution in [0.1, 0.15) is 50.8 Å². The van der Waals surface area contributed by atoms with Crippen LogP contribution in [0, 0.1) is 0 Å². The molecule has 0 saturated carbocycles. The molecule has 0 amide bonds. The Kier molecular flexibility index (Phi) is 9.81. The average Bonchev–Trinajstić information content (AvgIpc) is 2.74. The quantitative estimate of drug-likeness (QED) is 0.416. The van der Waals surface area contributed by atoms with Gasteiger partial charge in [0.15, 0.2) is 9.84 Å². The summed E-state index contributed by atoms with van der Waals surface area (Å²) in [6.45, 7) is 6.89. The number of rotatable bonds is 12. The van der Waals surface area contributed by atoms with Gasteiger partial charge in [0.1, 0.15) is 5.75 Å². The molecule has 0 aliphatic rings. The molecule has 0 spiro atoms. The van der Waals surface area contributed by atoms with Gasteiger partial charge >= 0.3 is 0 Å². The second-order valence-corrected chi connectivity index (χ2v) is 10.6. The minimum absolute atomic E-state index is 0.0452. The number of halogens is 1. The molecule has 0 radical (unpaired) electrons. The van der Waals surface area contributed by atoms with E-state index >= 15 is 0 Å². The highest BCUT2D eigenvalue weighted by Gasteiger charge is 2.15. The molecule has 166 valence electrons. The predicted molar refractivity (Wildman–Crippen MR) is 125 cm³/mol. The lowest BCUT2D eigenvalue weighted by molar-refractivity contribution is 0.174. The summed E-state index contributed by atoms with van der Waals surface area (Å²) in [6, 6.07) is 12.7. The van der Waals surface area contributed by atoms with Crippen molar-refractivity contribution in [3.63, 3.8) is 0 Å². The molecule has 0 aromatic heterocycles. The molecule has 0 bridgehead atoms. The third-order valence-electron chi connectivity index (χ3n) is 5.05. The highest BCUT2D eigenvalue weighted by molar-refractivity contribution is 9.10. The van der Waals surface area contributed by atoms with Gasteiger partial charge in [0.25, 0.3) is 0 Å². The third kappa shape index (κ3) is 7.38. The van der Waals surface area contributed by atoms with Crippen molar-refractivity contribution in [2.24, 2.45) is 0 Å². The molecule has 0 aliphatic carbocycles. The molecule has 2 rings (SSSR count). The number of ether oxygens (including phenoxy) is 1. The fourth-order valence-corrected chi connectivity index (χ4v) is 4.26. The van der Waals surface area contributed by atoms with Crippen LogP contribution in [-0.2, 0) is 16.3 Å². The summed E-state index contributed by atoms with van der Waals surface area (Å²) in [5.41, 5.74) is 1.77. The second-order valence-electron chi connectivity index (χ2n) is 7.39. The number of hydrogen-bond donors (Lipinski definition) is 2. The van der Waals surface area contributed by atoms with Crippen molar-refractivity contribution in [1.82, 2.24) is 5.32 Å². The van der Waals surface area contributed by atoms with Gasteiger partial charge in [-0.2, -0.15) is 0 Å². The maximum atomic E-state index is 12.0. The fourth-order valence-electron chi connectivity index (χ4n) is 2.99.